The average Bonchev–Trinajstić information content (AvgIpc) is 3.12. The number of hydrogen-bond acceptors (Lipinski definition) is 4. The van der Waals surface area contributed by atoms with E-state index in [1.54, 1.807) is 19.2 Å². The average molecular weight is 366 g/mol. The highest BCUT2D eigenvalue weighted by Gasteiger charge is 2.67. The molecule has 1 aliphatic heterocycles. The second-order valence-corrected chi connectivity index (χ2v) is 7.21. The van der Waals surface area contributed by atoms with Crippen LogP contribution >= 0.6 is 15.9 Å². The van der Waals surface area contributed by atoms with Crippen LogP contribution in [0.25, 0.3) is 0 Å². The van der Waals surface area contributed by atoms with E-state index in [-0.39, 0.29) is 46.5 Å². The molecule has 0 radical (unpaired) electrons. The van der Waals surface area contributed by atoms with Crippen molar-refractivity contribution in [3.63, 3.8) is 0 Å². The Balaban J connectivity index is 1.60. The lowest BCUT2D eigenvalue weighted by Crippen LogP contribution is -2.40. The molecule has 1 saturated heterocycles. The van der Waals surface area contributed by atoms with Gasteiger partial charge in [0, 0.05) is 5.92 Å². The first kappa shape index (κ1) is 14.1. The van der Waals surface area contributed by atoms with Gasteiger partial charge in [-0.25, -0.2) is 0 Å². The molecule has 1 amide bonds. The summed E-state index contributed by atoms with van der Waals surface area (Å²) in [7, 11) is 1.57. The van der Waals surface area contributed by atoms with E-state index >= 15 is 0 Å². The molecule has 1 aromatic carbocycles. The summed E-state index contributed by atoms with van der Waals surface area (Å²) >= 11 is 3.62. The first-order valence-electron chi connectivity index (χ1n) is 7.40. The third-order valence-corrected chi connectivity index (χ3v) is 6.39. The van der Waals surface area contributed by atoms with E-state index in [0.29, 0.717) is 11.4 Å². The number of fused-ring (bicyclic) bond motifs is 1. The van der Waals surface area contributed by atoms with Crippen LogP contribution in [-0.2, 0) is 14.3 Å². The highest BCUT2D eigenvalue weighted by Crippen LogP contribution is 2.60. The molecule has 3 fully saturated rings. The van der Waals surface area contributed by atoms with Crippen LogP contribution < -0.4 is 10.1 Å². The summed E-state index contributed by atoms with van der Waals surface area (Å²) in [5, 5.41) is 2.92. The lowest BCUT2D eigenvalue weighted by molar-refractivity contribution is -0.145. The number of carbonyl (C=O) groups is 2. The van der Waals surface area contributed by atoms with Gasteiger partial charge in [0.25, 0.3) is 0 Å². The Morgan fingerprint density at radius 2 is 2.14 bits per heavy atom. The van der Waals surface area contributed by atoms with E-state index in [1.807, 2.05) is 12.1 Å². The van der Waals surface area contributed by atoms with Crippen molar-refractivity contribution in [3.05, 3.63) is 24.3 Å². The zero-order chi connectivity index (χ0) is 15.4. The van der Waals surface area contributed by atoms with Gasteiger partial charge < -0.3 is 14.8 Å². The summed E-state index contributed by atoms with van der Waals surface area (Å²) < 4.78 is 10.7. The number of rotatable bonds is 3. The second kappa shape index (κ2) is 4.98. The lowest BCUT2D eigenvalue weighted by atomic mass is 9.79. The molecular weight excluding hydrogens is 350 g/mol. The maximum Gasteiger partial charge on any atom is 0.310 e. The van der Waals surface area contributed by atoms with E-state index in [0.717, 1.165) is 6.42 Å². The molecule has 3 aliphatic rings. The fourth-order valence-electron chi connectivity index (χ4n) is 4.29. The first-order chi connectivity index (χ1) is 10.6. The monoisotopic (exact) mass is 365 g/mol. The number of benzene rings is 1. The van der Waals surface area contributed by atoms with E-state index in [1.165, 1.54) is 0 Å². The maximum absolute atomic E-state index is 12.8. The van der Waals surface area contributed by atoms with Gasteiger partial charge in [0.05, 0.1) is 29.5 Å². The number of amides is 1. The van der Waals surface area contributed by atoms with Gasteiger partial charge in [0.2, 0.25) is 5.91 Å². The lowest BCUT2D eigenvalue weighted by Gasteiger charge is -2.27. The van der Waals surface area contributed by atoms with Crippen molar-refractivity contribution in [1.29, 1.82) is 0 Å². The molecule has 2 saturated carbocycles. The molecule has 2 aliphatic carbocycles. The Bertz CT molecular complexity index is 649. The van der Waals surface area contributed by atoms with Crippen LogP contribution in [0.15, 0.2) is 24.3 Å². The van der Waals surface area contributed by atoms with Crippen molar-refractivity contribution in [2.24, 2.45) is 23.7 Å². The van der Waals surface area contributed by atoms with E-state index in [2.05, 4.69) is 21.2 Å². The van der Waals surface area contributed by atoms with Crippen LogP contribution in [0.4, 0.5) is 5.69 Å². The number of para-hydroxylation sites is 2. The van der Waals surface area contributed by atoms with E-state index in [4.69, 9.17) is 9.47 Å². The van der Waals surface area contributed by atoms with Gasteiger partial charge in [-0.2, -0.15) is 0 Å². The quantitative estimate of drug-likeness (QED) is 0.658. The van der Waals surface area contributed by atoms with E-state index < -0.39 is 0 Å². The van der Waals surface area contributed by atoms with Crippen LogP contribution in [-0.4, -0.2) is 29.9 Å². The maximum atomic E-state index is 12.8. The number of nitrogens with one attached hydrogen (secondary N) is 1. The standard InChI is InChI=1S/C16H16BrNO4/c1-21-10-5-3-2-4-9(10)18-15(19)11-7-6-8-12(11)16(20)22-14(8)13(7)17/h2-5,7-8,11-14H,6H2,1H3,(H,18,19)/t7-,8-,11-,12-,13-,14+/m1/s1. The minimum absolute atomic E-state index is 0.0576. The summed E-state index contributed by atoms with van der Waals surface area (Å²) in [6, 6.07) is 7.28. The highest BCUT2D eigenvalue weighted by atomic mass is 79.9. The topological polar surface area (TPSA) is 64.6 Å². The molecule has 1 heterocycles. The van der Waals surface area contributed by atoms with Crippen LogP contribution in [0.2, 0.25) is 0 Å². The van der Waals surface area contributed by atoms with Gasteiger partial charge in [-0.15, -0.1) is 0 Å². The minimum atomic E-state index is -0.328. The van der Waals surface area contributed by atoms with Crippen molar-refractivity contribution in [2.75, 3.05) is 12.4 Å². The molecule has 6 heteroatoms. The fourth-order valence-corrected chi connectivity index (χ4v) is 5.34. The smallest absolute Gasteiger partial charge is 0.310 e. The number of esters is 1. The van der Waals surface area contributed by atoms with Gasteiger partial charge in [-0.05, 0) is 24.5 Å². The highest BCUT2D eigenvalue weighted by molar-refractivity contribution is 9.09. The number of hydrogen-bond donors (Lipinski definition) is 1. The normalized spacial score (nSPS) is 38.0. The van der Waals surface area contributed by atoms with Crippen molar-refractivity contribution in [3.8, 4) is 5.75 Å². The molecular formula is C16H16BrNO4. The molecule has 1 aromatic rings. The zero-order valence-electron chi connectivity index (χ0n) is 12.0. The van der Waals surface area contributed by atoms with Gasteiger partial charge in [0.1, 0.15) is 11.9 Å². The van der Waals surface area contributed by atoms with Crippen molar-refractivity contribution in [2.45, 2.75) is 17.4 Å². The van der Waals surface area contributed by atoms with E-state index in [9.17, 15) is 9.59 Å². The summed E-state index contributed by atoms with van der Waals surface area (Å²) in [5.74, 6) is -0.0230. The van der Waals surface area contributed by atoms with Crippen molar-refractivity contribution in [1.82, 2.24) is 0 Å². The Hall–Kier alpha value is -1.56. The van der Waals surface area contributed by atoms with Gasteiger partial charge in [-0.3, -0.25) is 9.59 Å². The summed E-state index contributed by atoms with van der Waals surface area (Å²) in [6.45, 7) is 0. The van der Waals surface area contributed by atoms with Crippen molar-refractivity contribution >= 4 is 33.5 Å². The van der Waals surface area contributed by atoms with Crippen LogP contribution in [0.3, 0.4) is 0 Å². The molecule has 0 aromatic heterocycles. The fraction of sp³-hybridized carbons (Fsp3) is 0.500. The van der Waals surface area contributed by atoms with Crippen LogP contribution in [0, 0.1) is 23.7 Å². The third kappa shape index (κ3) is 1.82. The largest absolute Gasteiger partial charge is 0.495 e. The zero-order valence-corrected chi connectivity index (χ0v) is 13.6. The Morgan fingerprint density at radius 3 is 2.91 bits per heavy atom. The van der Waals surface area contributed by atoms with Gasteiger partial charge in [0.15, 0.2) is 0 Å². The number of carbonyl (C=O) groups excluding carboxylic acids is 2. The predicted octanol–water partition coefficient (Wildman–Crippen LogP) is 2.20. The summed E-state index contributed by atoms with van der Waals surface area (Å²) in [6.07, 6.45) is 0.818. The SMILES string of the molecule is COc1ccccc1NC(=O)[C@@H]1[C@H]2C[C@H]3[C@H](OC(=O)[C@H]31)[C@@H]2Br. The summed E-state index contributed by atoms with van der Waals surface area (Å²) in [4.78, 5) is 24.9. The molecule has 0 spiro atoms. The van der Waals surface area contributed by atoms with Crippen LogP contribution in [0.1, 0.15) is 6.42 Å². The second-order valence-electron chi connectivity index (χ2n) is 6.15. The Morgan fingerprint density at radius 1 is 1.36 bits per heavy atom. The molecule has 1 N–H and O–H groups in total. The number of ether oxygens (including phenoxy) is 2. The van der Waals surface area contributed by atoms with Crippen LogP contribution in [0.5, 0.6) is 5.75 Å². The predicted molar refractivity (Wildman–Crippen MR) is 82.8 cm³/mol. The molecule has 22 heavy (non-hydrogen) atoms. The van der Waals surface area contributed by atoms with Gasteiger partial charge >= 0.3 is 5.97 Å². The number of halogens is 1. The minimum Gasteiger partial charge on any atom is -0.495 e. The Labute approximate surface area is 136 Å². The molecule has 5 nitrogen and oxygen atoms in total. The summed E-state index contributed by atoms with van der Waals surface area (Å²) in [5.41, 5.74) is 0.631. The Kier molecular flexibility index (Phi) is 3.18. The number of methoxy groups -OCH3 is 1. The first-order valence-corrected chi connectivity index (χ1v) is 8.32. The van der Waals surface area contributed by atoms with Crippen molar-refractivity contribution < 1.29 is 19.1 Å². The molecule has 2 bridgehead atoms. The number of alkyl halides is 1. The number of anilines is 1. The molecule has 4 rings (SSSR count). The third-order valence-electron chi connectivity index (χ3n) is 5.19. The molecule has 0 unspecified atom stereocenters. The molecule has 116 valence electrons. The molecule has 6 atom stereocenters. The van der Waals surface area contributed by atoms with Gasteiger partial charge in [-0.1, -0.05) is 28.1 Å².